The van der Waals surface area contributed by atoms with Crippen LogP contribution in [0.15, 0.2) is 24.3 Å². The summed E-state index contributed by atoms with van der Waals surface area (Å²) in [5, 5.41) is 0. The number of rotatable bonds is 9. The fraction of sp³-hybridized carbons (Fsp3) is 0.600. The lowest BCUT2D eigenvalue weighted by molar-refractivity contribution is 0.0558. The first-order chi connectivity index (χ1) is 8.81. The van der Waals surface area contributed by atoms with E-state index in [1.807, 2.05) is 24.3 Å². The van der Waals surface area contributed by atoms with Crippen LogP contribution in [0.2, 0.25) is 0 Å². The van der Waals surface area contributed by atoms with E-state index in [4.69, 9.17) is 15.2 Å². The second-order valence-electron chi connectivity index (χ2n) is 4.43. The summed E-state index contributed by atoms with van der Waals surface area (Å²) < 4.78 is 11.0. The summed E-state index contributed by atoms with van der Waals surface area (Å²) in [6.07, 6.45) is 4.87. The van der Waals surface area contributed by atoms with Gasteiger partial charge in [-0.1, -0.05) is 38.3 Å². The Morgan fingerprint density at radius 3 is 2.39 bits per heavy atom. The van der Waals surface area contributed by atoms with Crippen LogP contribution < -0.4 is 10.5 Å². The molecule has 0 aliphatic rings. The Hall–Kier alpha value is -1.06. The molecular weight excluding hydrogens is 226 g/mol. The van der Waals surface area contributed by atoms with Gasteiger partial charge >= 0.3 is 0 Å². The van der Waals surface area contributed by atoms with E-state index >= 15 is 0 Å². The third-order valence-corrected chi connectivity index (χ3v) is 3.02. The number of benzene rings is 1. The molecule has 0 amide bonds. The first-order valence-corrected chi connectivity index (χ1v) is 6.77. The molecule has 1 unspecified atom stereocenters. The largest absolute Gasteiger partial charge is 0.497 e. The van der Waals surface area contributed by atoms with Gasteiger partial charge in [-0.3, -0.25) is 0 Å². The molecule has 0 saturated carbocycles. The molecule has 1 aromatic carbocycles. The zero-order valence-electron chi connectivity index (χ0n) is 11.5. The van der Waals surface area contributed by atoms with Gasteiger partial charge in [0.2, 0.25) is 0 Å². The lowest BCUT2D eigenvalue weighted by Crippen LogP contribution is -2.16. The molecule has 3 heteroatoms. The van der Waals surface area contributed by atoms with Crippen LogP contribution in [0.25, 0.3) is 0 Å². The van der Waals surface area contributed by atoms with E-state index in [1.54, 1.807) is 7.11 Å². The molecule has 0 fully saturated rings. The molecule has 0 bridgehead atoms. The van der Waals surface area contributed by atoms with E-state index in [0.717, 1.165) is 24.3 Å². The van der Waals surface area contributed by atoms with Gasteiger partial charge in [-0.2, -0.15) is 0 Å². The maximum absolute atomic E-state index is 5.83. The highest BCUT2D eigenvalue weighted by atomic mass is 16.5. The standard InChI is InChI=1S/C15H25NO2/c1-3-4-5-6-11-18-15(12-16)13-7-9-14(17-2)10-8-13/h7-10,15H,3-6,11-12,16H2,1-2H3. The van der Waals surface area contributed by atoms with Crippen LogP contribution in [-0.2, 0) is 4.74 Å². The minimum atomic E-state index is -0.00228. The van der Waals surface area contributed by atoms with Gasteiger partial charge in [0.1, 0.15) is 5.75 Å². The normalized spacial score (nSPS) is 12.4. The molecule has 1 atom stereocenters. The van der Waals surface area contributed by atoms with Gasteiger partial charge in [0, 0.05) is 13.2 Å². The molecule has 1 rings (SSSR count). The van der Waals surface area contributed by atoms with E-state index in [2.05, 4.69) is 6.92 Å². The molecule has 0 heterocycles. The molecule has 0 spiro atoms. The Morgan fingerprint density at radius 2 is 1.83 bits per heavy atom. The number of ether oxygens (including phenoxy) is 2. The summed E-state index contributed by atoms with van der Waals surface area (Å²) in [6.45, 7) is 3.51. The topological polar surface area (TPSA) is 44.5 Å². The molecule has 102 valence electrons. The molecule has 0 saturated heterocycles. The van der Waals surface area contributed by atoms with E-state index in [9.17, 15) is 0 Å². The maximum Gasteiger partial charge on any atom is 0.118 e. The third-order valence-electron chi connectivity index (χ3n) is 3.02. The van der Waals surface area contributed by atoms with Crippen molar-refractivity contribution in [2.75, 3.05) is 20.3 Å². The van der Waals surface area contributed by atoms with Crippen molar-refractivity contribution in [1.82, 2.24) is 0 Å². The van der Waals surface area contributed by atoms with Crippen LogP contribution in [0.3, 0.4) is 0 Å². The number of hydrogen-bond acceptors (Lipinski definition) is 3. The van der Waals surface area contributed by atoms with Crippen molar-refractivity contribution in [3.63, 3.8) is 0 Å². The van der Waals surface area contributed by atoms with Crippen molar-refractivity contribution in [1.29, 1.82) is 0 Å². The van der Waals surface area contributed by atoms with Gasteiger partial charge in [0.15, 0.2) is 0 Å². The summed E-state index contributed by atoms with van der Waals surface area (Å²) in [6, 6.07) is 7.92. The highest BCUT2D eigenvalue weighted by molar-refractivity contribution is 5.28. The minimum Gasteiger partial charge on any atom is -0.497 e. The van der Waals surface area contributed by atoms with Crippen LogP contribution in [0, 0.1) is 0 Å². The van der Waals surface area contributed by atoms with Gasteiger partial charge in [-0.15, -0.1) is 0 Å². The fourth-order valence-corrected chi connectivity index (χ4v) is 1.87. The van der Waals surface area contributed by atoms with Crippen LogP contribution in [0.5, 0.6) is 5.75 Å². The lowest BCUT2D eigenvalue weighted by atomic mass is 10.1. The number of unbranched alkanes of at least 4 members (excludes halogenated alkanes) is 3. The Balaban J connectivity index is 2.39. The zero-order valence-corrected chi connectivity index (χ0v) is 11.5. The van der Waals surface area contributed by atoms with Crippen molar-refractivity contribution < 1.29 is 9.47 Å². The van der Waals surface area contributed by atoms with Crippen LogP contribution >= 0.6 is 0 Å². The Kier molecular flexibility index (Phi) is 7.46. The summed E-state index contributed by atoms with van der Waals surface area (Å²) in [5.41, 5.74) is 6.88. The van der Waals surface area contributed by atoms with Gasteiger partial charge in [0.05, 0.1) is 13.2 Å². The summed E-state index contributed by atoms with van der Waals surface area (Å²) in [5.74, 6) is 0.859. The van der Waals surface area contributed by atoms with E-state index < -0.39 is 0 Å². The number of methoxy groups -OCH3 is 1. The molecule has 18 heavy (non-hydrogen) atoms. The fourth-order valence-electron chi connectivity index (χ4n) is 1.87. The van der Waals surface area contributed by atoms with E-state index in [1.165, 1.54) is 19.3 Å². The predicted molar refractivity (Wildman–Crippen MR) is 74.9 cm³/mol. The average Bonchev–Trinajstić information content (AvgIpc) is 2.43. The SMILES string of the molecule is CCCCCCOC(CN)c1ccc(OC)cc1. The monoisotopic (exact) mass is 251 g/mol. The van der Waals surface area contributed by atoms with Crippen LogP contribution in [0.1, 0.15) is 44.3 Å². The van der Waals surface area contributed by atoms with Crippen LogP contribution in [0.4, 0.5) is 0 Å². The van der Waals surface area contributed by atoms with E-state index in [0.29, 0.717) is 6.54 Å². The number of nitrogens with two attached hydrogens (primary N) is 1. The molecule has 0 radical (unpaired) electrons. The second kappa shape index (κ2) is 8.95. The molecule has 1 aromatic rings. The van der Waals surface area contributed by atoms with Crippen molar-refractivity contribution >= 4 is 0 Å². The van der Waals surface area contributed by atoms with Gasteiger partial charge < -0.3 is 15.2 Å². The first kappa shape index (κ1) is 15.0. The molecular formula is C15H25NO2. The quantitative estimate of drug-likeness (QED) is 0.685. The summed E-state index contributed by atoms with van der Waals surface area (Å²) >= 11 is 0. The van der Waals surface area contributed by atoms with Gasteiger partial charge in [0.25, 0.3) is 0 Å². The lowest BCUT2D eigenvalue weighted by Gasteiger charge is -2.16. The predicted octanol–water partition coefficient (Wildman–Crippen LogP) is 3.29. The number of hydrogen-bond donors (Lipinski definition) is 1. The summed E-state index contributed by atoms with van der Waals surface area (Å²) in [7, 11) is 1.67. The Morgan fingerprint density at radius 1 is 1.11 bits per heavy atom. The molecule has 0 aromatic heterocycles. The zero-order chi connectivity index (χ0) is 13.2. The average molecular weight is 251 g/mol. The summed E-state index contributed by atoms with van der Waals surface area (Å²) in [4.78, 5) is 0. The maximum atomic E-state index is 5.83. The Labute approximate surface area is 110 Å². The van der Waals surface area contributed by atoms with Crippen molar-refractivity contribution in [2.45, 2.75) is 38.7 Å². The molecule has 2 N–H and O–H groups in total. The second-order valence-corrected chi connectivity index (χ2v) is 4.43. The first-order valence-electron chi connectivity index (χ1n) is 6.77. The Bertz CT molecular complexity index is 311. The molecule has 0 aliphatic carbocycles. The minimum absolute atomic E-state index is 0.00228. The van der Waals surface area contributed by atoms with E-state index in [-0.39, 0.29) is 6.10 Å². The smallest absolute Gasteiger partial charge is 0.118 e. The molecule has 3 nitrogen and oxygen atoms in total. The van der Waals surface area contributed by atoms with Crippen molar-refractivity contribution in [2.24, 2.45) is 5.73 Å². The van der Waals surface area contributed by atoms with Crippen molar-refractivity contribution in [3.8, 4) is 5.75 Å². The van der Waals surface area contributed by atoms with Crippen molar-refractivity contribution in [3.05, 3.63) is 29.8 Å². The molecule has 0 aliphatic heterocycles. The highest BCUT2D eigenvalue weighted by Crippen LogP contribution is 2.20. The van der Waals surface area contributed by atoms with Gasteiger partial charge in [-0.05, 0) is 24.1 Å². The van der Waals surface area contributed by atoms with Crippen LogP contribution in [-0.4, -0.2) is 20.3 Å². The highest BCUT2D eigenvalue weighted by Gasteiger charge is 2.09. The van der Waals surface area contributed by atoms with Gasteiger partial charge in [-0.25, -0.2) is 0 Å². The third kappa shape index (κ3) is 5.07.